The lowest BCUT2D eigenvalue weighted by atomic mass is 10.0. The number of hydrogen-bond acceptors (Lipinski definition) is 3. The van der Waals surface area contributed by atoms with E-state index in [1.165, 1.54) is 19.2 Å². The maximum atomic E-state index is 13.3. The van der Waals surface area contributed by atoms with E-state index < -0.39 is 5.82 Å². The van der Waals surface area contributed by atoms with Gasteiger partial charge in [0, 0.05) is 5.56 Å². The van der Waals surface area contributed by atoms with Crippen LogP contribution in [0, 0.1) is 17.1 Å². The zero-order chi connectivity index (χ0) is 16.8. The molecule has 0 saturated carbocycles. The van der Waals surface area contributed by atoms with E-state index in [1.54, 1.807) is 36.4 Å². The Kier molecular flexibility index (Phi) is 5.16. The first-order chi connectivity index (χ1) is 11.1. The maximum absolute atomic E-state index is 13.3. The summed E-state index contributed by atoms with van der Waals surface area (Å²) in [5, 5.41) is 19.4. The molecule has 0 atom stereocenters. The first kappa shape index (κ1) is 16.3. The molecule has 3 nitrogen and oxygen atoms in total. The summed E-state index contributed by atoms with van der Waals surface area (Å²) in [5.74, 6) is -0.0415. The van der Waals surface area contributed by atoms with Crippen LogP contribution in [0.4, 0.5) is 4.39 Å². The van der Waals surface area contributed by atoms with Crippen LogP contribution in [0.2, 0.25) is 0 Å². The predicted octanol–water partition coefficient (Wildman–Crippen LogP) is 4.33. The number of aromatic hydroxyl groups is 1. The van der Waals surface area contributed by atoms with Crippen LogP contribution in [0.1, 0.15) is 16.7 Å². The van der Waals surface area contributed by atoms with Crippen LogP contribution in [0.3, 0.4) is 0 Å². The maximum Gasteiger partial charge on any atom is 0.161 e. The number of benzene rings is 2. The smallest absolute Gasteiger partial charge is 0.161 e. The van der Waals surface area contributed by atoms with E-state index in [4.69, 9.17) is 4.74 Å². The number of rotatable bonds is 5. The molecule has 0 aliphatic rings. The van der Waals surface area contributed by atoms with Crippen LogP contribution >= 0.6 is 0 Å². The first-order valence-corrected chi connectivity index (χ1v) is 6.97. The van der Waals surface area contributed by atoms with Gasteiger partial charge in [-0.1, -0.05) is 18.2 Å². The Morgan fingerprint density at radius 3 is 2.78 bits per heavy atom. The zero-order valence-corrected chi connectivity index (χ0v) is 12.7. The van der Waals surface area contributed by atoms with Crippen molar-refractivity contribution in [2.75, 3.05) is 7.11 Å². The summed E-state index contributed by atoms with van der Waals surface area (Å²) in [6, 6.07) is 11.3. The number of ether oxygens (including phenoxy) is 1. The average molecular weight is 309 g/mol. The van der Waals surface area contributed by atoms with Crippen molar-refractivity contribution in [2.45, 2.75) is 6.42 Å². The molecule has 2 rings (SSSR count). The minimum Gasteiger partial charge on any atom is -0.504 e. The summed E-state index contributed by atoms with van der Waals surface area (Å²) < 4.78 is 18.5. The molecule has 116 valence electrons. The van der Waals surface area contributed by atoms with Crippen LogP contribution < -0.4 is 4.74 Å². The third-order valence-electron chi connectivity index (χ3n) is 3.33. The highest BCUT2D eigenvalue weighted by atomic mass is 19.1. The van der Waals surface area contributed by atoms with Crippen LogP contribution in [0.25, 0.3) is 11.6 Å². The third kappa shape index (κ3) is 3.78. The molecule has 0 spiro atoms. The highest BCUT2D eigenvalue weighted by Gasteiger charge is 2.10. The van der Waals surface area contributed by atoms with Gasteiger partial charge in [-0.3, -0.25) is 0 Å². The van der Waals surface area contributed by atoms with Gasteiger partial charge >= 0.3 is 0 Å². The van der Waals surface area contributed by atoms with E-state index in [0.717, 1.165) is 0 Å². The molecule has 0 aromatic heterocycles. The summed E-state index contributed by atoms with van der Waals surface area (Å²) in [5.41, 5.74) is 2.13. The number of nitrogens with zero attached hydrogens (tertiary/aromatic N) is 1. The van der Waals surface area contributed by atoms with Crippen molar-refractivity contribution < 1.29 is 14.2 Å². The lowest BCUT2D eigenvalue weighted by Crippen LogP contribution is -1.91. The Hall–Kier alpha value is -3.06. The topological polar surface area (TPSA) is 53.2 Å². The lowest BCUT2D eigenvalue weighted by Gasteiger charge is -2.10. The SMILES string of the molecule is C=CCc1cc(/C=C(/C#N)c2cccc(F)c2)cc(OC)c1O. The summed E-state index contributed by atoms with van der Waals surface area (Å²) >= 11 is 0. The molecule has 1 N–H and O–H groups in total. The fourth-order valence-electron chi connectivity index (χ4n) is 2.24. The molecule has 0 amide bonds. The van der Waals surface area contributed by atoms with Gasteiger partial charge in [0.25, 0.3) is 0 Å². The summed E-state index contributed by atoms with van der Waals surface area (Å²) in [6.07, 6.45) is 3.76. The van der Waals surface area contributed by atoms with Gasteiger partial charge in [0.05, 0.1) is 18.8 Å². The van der Waals surface area contributed by atoms with Crippen molar-refractivity contribution in [1.82, 2.24) is 0 Å². The largest absolute Gasteiger partial charge is 0.504 e. The van der Waals surface area contributed by atoms with E-state index >= 15 is 0 Å². The Labute approximate surface area is 134 Å². The predicted molar refractivity (Wildman–Crippen MR) is 88.4 cm³/mol. The van der Waals surface area contributed by atoms with E-state index in [2.05, 4.69) is 12.6 Å². The number of halogens is 1. The zero-order valence-electron chi connectivity index (χ0n) is 12.7. The van der Waals surface area contributed by atoms with E-state index in [1.807, 2.05) is 0 Å². The van der Waals surface area contributed by atoms with Gasteiger partial charge in [0.1, 0.15) is 5.82 Å². The monoisotopic (exact) mass is 309 g/mol. The molecule has 4 heteroatoms. The molecule has 0 fully saturated rings. The average Bonchev–Trinajstić information content (AvgIpc) is 2.55. The van der Waals surface area contributed by atoms with Crippen molar-refractivity contribution >= 4 is 11.6 Å². The molecular formula is C19H16FNO2. The van der Waals surface area contributed by atoms with Gasteiger partial charge in [-0.05, 0) is 47.9 Å². The molecule has 2 aromatic carbocycles. The number of methoxy groups -OCH3 is 1. The lowest BCUT2D eigenvalue weighted by molar-refractivity contribution is 0.371. The van der Waals surface area contributed by atoms with Crippen LogP contribution in [-0.2, 0) is 6.42 Å². The van der Waals surface area contributed by atoms with E-state index in [-0.39, 0.29) is 5.75 Å². The van der Waals surface area contributed by atoms with Crippen molar-refractivity contribution in [2.24, 2.45) is 0 Å². The number of phenolic OH excluding ortho intramolecular Hbond substituents is 1. The Morgan fingerprint density at radius 1 is 1.39 bits per heavy atom. The molecule has 2 aromatic rings. The summed E-state index contributed by atoms with van der Waals surface area (Å²) in [4.78, 5) is 0. The standard InChI is InChI=1S/C19H16FNO2/c1-3-5-15-8-13(10-18(23-2)19(15)22)9-16(12-21)14-6-4-7-17(20)11-14/h3-4,6-11,22H,1,5H2,2H3/b16-9-. The number of phenols is 1. The molecule has 0 heterocycles. The van der Waals surface area contributed by atoms with Crippen molar-refractivity contribution in [3.63, 3.8) is 0 Å². The van der Waals surface area contributed by atoms with Crippen LogP contribution in [0.15, 0.2) is 49.1 Å². The number of allylic oxidation sites excluding steroid dienone is 2. The normalized spacial score (nSPS) is 10.9. The van der Waals surface area contributed by atoms with Crippen molar-refractivity contribution in [3.05, 3.63) is 71.6 Å². The highest BCUT2D eigenvalue weighted by Crippen LogP contribution is 2.33. The minimum atomic E-state index is -0.403. The van der Waals surface area contributed by atoms with Gasteiger partial charge in [0.2, 0.25) is 0 Å². The summed E-state index contributed by atoms with van der Waals surface area (Å²) in [6.45, 7) is 3.66. The quantitative estimate of drug-likeness (QED) is 0.508. The fourth-order valence-corrected chi connectivity index (χ4v) is 2.24. The molecule has 23 heavy (non-hydrogen) atoms. The van der Waals surface area contributed by atoms with E-state index in [9.17, 15) is 14.8 Å². The Bertz CT molecular complexity index is 804. The van der Waals surface area contributed by atoms with Crippen molar-refractivity contribution in [1.29, 1.82) is 5.26 Å². The second kappa shape index (κ2) is 7.28. The molecule has 0 aliphatic carbocycles. The van der Waals surface area contributed by atoms with Gasteiger partial charge in [-0.25, -0.2) is 4.39 Å². The van der Waals surface area contributed by atoms with Crippen molar-refractivity contribution in [3.8, 4) is 17.6 Å². The van der Waals surface area contributed by atoms with Gasteiger partial charge in [-0.2, -0.15) is 5.26 Å². The Morgan fingerprint density at radius 2 is 2.17 bits per heavy atom. The van der Waals surface area contributed by atoms with Gasteiger partial charge < -0.3 is 9.84 Å². The number of nitriles is 1. The third-order valence-corrected chi connectivity index (χ3v) is 3.33. The Balaban J connectivity index is 2.53. The van der Waals surface area contributed by atoms with Crippen LogP contribution in [-0.4, -0.2) is 12.2 Å². The fraction of sp³-hybridized carbons (Fsp3) is 0.105. The summed E-state index contributed by atoms with van der Waals surface area (Å²) in [7, 11) is 1.46. The van der Waals surface area contributed by atoms with E-state index in [0.29, 0.717) is 34.4 Å². The van der Waals surface area contributed by atoms with Gasteiger partial charge in [0.15, 0.2) is 11.5 Å². The molecule has 0 unspecified atom stereocenters. The highest BCUT2D eigenvalue weighted by molar-refractivity contribution is 5.90. The van der Waals surface area contributed by atoms with Gasteiger partial charge in [-0.15, -0.1) is 6.58 Å². The minimum absolute atomic E-state index is 0.0498. The second-order valence-corrected chi connectivity index (χ2v) is 4.90. The molecule has 0 bridgehead atoms. The molecule has 0 aliphatic heterocycles. The first-order valence-electron chi connectivity index (χ1n) is 6.97. The number of hydrogen-bond donors (Lipinski definition) is 1. The molecule has 0 saturated heterocycles. The second-order valence-electron chi connectivity index (χ2n) is 4.90. The molecular weight excluding hydrogens is 293 g/mol. The van der Waals surface area contributed by atoms with Crippen LogP contribution in [0.5, 0.6) is 11.5 Å². The molecule has 0 radical (unpaired) electrons.